The summed E-state index contributed by atoms with van der Waals surface area (Å²) >= 11 is 5.50. The maximum Gasteiger partial charge on any atom is 0.358 e. The highest BCUT2D eigenvalue weighted by atomic mass is 35.5. The van der Waals surface area contributed by atoms with Crippen molar-refractivity contribution in [1.29, 1.82) is 0 Å². The molecule has 0 saturated heterocycles. The van der Waals surface area contributed by atoms with Crippen LogP contribution in [0, 0.1) is 0 Å². The predicted octanol–water partition coefficient (Wildman–Crippen LogP) is 2.40. The van der Waals surface area contributed by atoms with Gasteiger partial charge in [-0.1, -0.05) is 0 Å². The second-order valence-corrected chi connectivity index (χ2v) is 3.32. The third-order valence-electron chi connectivity index (χ3n) is 1.93. The van der Waals surface area contributed by atoms with Crippen LogP contribution >= 0.6 is 11.6 Å². The first-order chi connectivity index (χ1) is 7.58. The highest BCUT2D eigenvalue weighted by Gasteiger charge is 2.19. The summed E-state index contributed by atoms with van der Waals surface area (Å²) in [6.45, 7) is 0. The fourth-order valence-electron chi connectivity index (χ4n) is 1.25. The number of phenolic OH excluding ortho intramolecular Hbond substituents is 1. The number of carboxylic acid groups (broad SMARTS) is 1. The minimum atomic E-state index is -1.22. The molecule has 0 aliphatic rings. The van der Waals surface area contributed by atoms with Crippen molar-refractivity contribution >= 4 is 17.6 Å². The van der Waals surface area contributed by atoms with Crippen molar-refractivity contribution in [2.45, 2.75) is 0 Å². The molecular weight excluding hydrogens is 234 g/mol. The van der Waals surface area contributed by atoms with E-state index in [1.807, 2.05) is 0 Å². The summed E-state index contributed by atoms with van der Waals surface area (Å²) in [6.07, 6.45) is 0. The lowest BCUT2D eigenvalue weighted by Crippen LogP contribution is -1.98. The molecule has 82 valence electrons. The average molecular weight is 240 g/mol. The van der Waals surface area contributed by atoms with Crippen LogP contribution in [0.2, 0.25) is 5.35 Å². The smallest absolute Gasteiger partial charge is 0.358 e. The van der Waals surface area contributed by atoms with Crippen LogP contribution in [0.1, 0.15) is 10.5 Å². The van der Waals surface area contributed by atoms with E-state index in [1.54, 1.807) is 0 Å². The van der Waals surface area contributed by atoms with Gasteiger partial charge < -0.3 is 14.6 Å². The van der Waals surface area contributed by atoms with E-state index >= 15 is 0 Å². The Morgan fingerprint density at radius 2 is 1.94 bits per heavy atom. The lowest BCUT2D eigenvalue weighted by molar-refractivity contribution is 0.0691. The van der Waals surface area contributed by atoms with Crippen LogP contribution in [0.4, 0.5) is 0 Å². The van der Waals surface area contributed by atoms with Gasteiger partial charge in [0.25, 0.3) is 5.35 Å². The van der Waals surface area contributed by atoms with E-state index in [1.165, 1.54) is 24.3 Å². The van der Waals surface area contributed by atoms with Gasteiger partial charge >= 0.3 is 5.97 Å². The number of carbonyl (C=O) groups is 1. The van der Waals surface area contributed by atoms with Crippen molar-refractivity contribution in [2.24, 2.45) is 0 Å². The van der Waals surface area contributed by atoms with Crippen LogP contribution in [0.3, 0.4) is 0 Å². The molecule has 16 heavy (non-hydrogen) atoms. The molecule has 0 unspecified atom stereocenters. The highest BCUT2D eigenvalue weighted by molar-refractivity contribution is 6.28. The molecule has 0 spiro atoms. The molecule has 0 bridgehead atoms. The Labute approximate surface area is 94.9 Å². The van der Waals surface area contributed by atoms with Crippen LogP contribution < -0.4 is 0 Å². The summed E-state index contributed by atoms with van der Waals surface area (Å²) < 4.78 is 4.99. The Bertz CT molecular complexity index is 532. The molecule has 1 aromatic carbocycles. The molecule has 2 rings (SSSR count). The minimum Gasteiger partial charge on any atom is -0.508 e. The van der Waals surface area contributed by atoms with Gasteiger partial charge in [-0.15, -0.1) is 0 Å². The van der Waals surface area contributed by atoms with Crippen molar-refractivity contribution in [1.82, 2.24) is 4.98 Å². The molecule has 2 aromatic rings. The summed E-state index contributed by atoms with van der Waals surface area (Å²) in [4.78, 5) is 14.4. The van der Waals surface area contributed by atoms with E-state index in [2.05, 4.69) is 4.98 Å². The van der Waals surface area contributed by atoms with E-state index in [4.69, 9.17) is 26.2 Å². The summed E-state index contributed by atoms with van der Waals surface area (Å²) in [7, 11) is 0. The van der Waals surface area contributed by atoms with E-state index in [9.17, 15) is 4.79 Å². The molecule has 1 aromatic heterocycles. The number of benzene rings is 1. The second-order valence-electron chi connectivity index (χ2n) is 3.00. The van der Waals surface area contributed by atoms with E-state index in [0.717, 1.165) is 0 Å². The Morgan fingerprint density at radius 1 is 1.31 bits per heavy atom. The molecule has 0 aliphatic heterocycles. The van der Waals surface area contributed by atoms with Gasteiger partial charge in [-0.25, -0.2) is 4.79 Å². The maximum atomic E-state index is 10.8. The molecule has 0 aliphatic carbocycles. The Hall–Kier alpha value is -2.01. The molecule has 0 saturated carbocycles. The number of aromatic hydroxyl groups is 1. The maximum absolute atomic E-state index is 10.8. The van der Waals surface area contributed by atoms with Gasteiger partial charge in [-0.05, 0) is 35.9 Å². The molecule has 1 heterocycles. The number of oxazole rings is 1. The van der Waals surface area contributed by atoms with Crippen molar-refractivity contribution in [3.05, 3.63) is 35.3 Å². The number of phenols is 1. The molecule has 0 amide bonds. The van der Waals surface area contributed by atoms with Gasteiger partial charge in [-0.3, -0.25) is 0 Å². The zero-order valence-electron chi connectivity index (χ0n) is 7.85. The lowest BCUT2D eigenvalue weighted by Gasteiger charge is -1.97. The molecule has 0 atom stereocenters. The quantitative estimate of drug-likeness (QED) is 0.841. The number of aromatic carboxylic acids is 1. The van der Waals surface area contributed by atoms with Gasteiger partial charge in [0, 0.05) is 5.56 Å². The topological polar surface area (TPSA) is 83.6 Å². The average Bonchev–Trinajstić information content (AvgIpc) is 2.61. The largest absolute Gasteiger partial charge is 0.508 e. The predicted molar refractivity (Wildman–Crippen MR) is 55.6 cm³/mol. The first-order valence-corrected chi connectivity index (χ1v) is 4.65. The Kier molecular flexibility index (Phi) is 2.54. The Morgan fingerprint density at radius 3 is 2.50 bits per heavy atom. The van der Waals surface area contributed by atoms with Crippen LogP contribution in [0.15, 0.2) is 28.7 Å². The standard InChI is InChI=1S/C10H6ClNO4/c11-10-12-7(9(14)15)8(16-10)5-1-3-6(13)4-2-5/h1-4,13H,(H,14,15). The van der Waals surface area contributed by atoms with E-state index in [0.29, 0.717) is 5.56 Å². The van der Waals surface area contributed by atoms with Gasteiger partial charge in [0.1, 0.15) is 5.75 Å². The van der Waals surface area contributed by atoms with Crippen LogP contribution in [-0.4, -0.2) is 21.2 Å². The number of halogens is 1. The van der Waals surface area contributed by atoms with Crippen LogP contribution in [-0.2, 0) is 0 Å². The zero-order valence-corrected chi connectivity index (χ0v) is 8.60. The van der Waals surface area contributed by atoms with Crippen LogP contribution in [0.25, 0.3) is 11.3 Å². The molecular formula is C10H6ClNO4. The van der Waals surface area contributed by atoms with Gasteiger partial charge in [0.15, 0.2) is 11.5 Å². The fourth-order valence-corrected chi connectivity index (χ4v) is 1.41. The summed E-state index contributed by atoms with van der Waals surface area (Å²) in [6, 6.07) is 5.85. The first-order valence-electron chi connectivity index (χ1n) is 4.27. The van der Waals surface area contributed by atoms with E-state index in [-0.39, 0.29) is 22.6 Å². The van der Waals surface area contributed by atoms with Gasteiger partial charge in [0.2, 0.25) is 0 Å². The Balaban J connectivity index is 2.55. The lowest BCUT2D eigenvalue weighted by atomic mass is 10.1. The summed E-state index contributed by atoms with van der Waals surface area (Å²) in [5.74, 6) is -1.08. The number of nitrogens with zero attached hydrogens (tertiary/aromatic N) is 1. The monoisotopic (exact) mass is 239 g/mol. The van der Waals surface area contributed by atoms with E-state index < -0.39 is 5.97 Å². The second kappa shape index (κ2) is 3.86. The third-order valence-corrected chi connectivity index (χ3v) is 2.09. The number of hydrogen-bond acceptors (Lipinski definition) is 4. The molecule has 0 radical (unpaired) electrons. The van der Waals surface area contributed by atoms with Gasteiger partial charge in [0.05, 0.1) is 0 Å². The van der Waals surface area contributed by atoms with Crippen molar-refractivity contribution in [3.63, 3.8) is 0 Å². The molecule has 5 nitrogen and oxygen atoms in total. The first kappa shape index (κ1) is 10.5. The minimum absolute atomic E-state index is 0.0671. The number of carboxylic acids is 1. The normalized spacial score (nSPS) is 10.3. The number of hydrogen-bond donors (Lipinski definition) is 2. The van der Waals surface area contributed by atoms with Gasteiger partial charge in [-0.2, -0.15) is 4.98 Å². The summed E-state index contributed by atoms with van der Waals surface area (Å²) in [5.41, 5.74) is 0.227. The SMILES string of the molecule is O=C(O)c1nc(Cl)oc1-c1ccc(O)cc1. The number of aromatic nitrogens is 1. The highest BCUT2D eigenvalue weighted by Crippen LogP contribution is 2.28. The molecule has 2 N–H and O–H groups in total. The molecule has 0 fully saturated rings. The summed E-state index contributed by atoms with van der Waals surface area (Å²) in [5, 5.41) is 17.7. The van der Waals surface area contributed by atoms with Crippen molar-refractivity contribution in [3.8, 4) is 17.1 Å². The van der Waals surface area contributed by atoms with Crippen molar-refractivity contribution < 1.29 is 19.4 Å². The van der Waals surface area contributed by atoms with Crippen LogP contribution in [0.5, 0.6) is 5.75 Å². The third kappa shape index (κ3) is 1.85. The molecule has 6 heteroatoms. The number of rotatable bonds is 2. The van der Waals surface area contributed by atoms with Crippen molar-refractivity contribution in [2.75, 3.05) is 0 Å². The fraction of sp³-hybridized carbons (Fsp3) is 0. The zero-order chi connectivity index (χ0) is 11.7.